The molecule has 1 aromatic carbocycles. The number of amides is 2. The largest absolute Gasteiger partial charge is 0.359 e. The Labute approximate surface area is 132 Å². The predicted molar refractivity (Wildman–Crippen MR) is 84.7 cm³/mol. The van der Waals surface area contributed by atoms with Crippen molar-refractivity contribution >= 4 is 34.6 Å². The number of aromatic nitrogens is 2. The molecule has 3 rings (SSSR count). The Kier molecular flexibility index (Phi) is 3.82. The lowest BCUT2D eigenvalue weighted by molar-refractivity contribution is -0.132. The molecule has 1 N–H and O–H groups in total. The Bertz CT molecular complexity index is 729. The van der Waals surface area contributed by atoms with Crippen molar-refractivity contribution in [2.75, 3.05) is 20.1 Å². The summed E-state index contributed by atoms with van der Waals surface area (Å²) in [5.41, 5.74) is 1.62. The molecule has 7 heteroatoms. The molecule has 0 saturated carbocycles. The quantitative estimate of drug-likeness (QED) is 0.914. The van der Waals surface area contributed by atoms with Crippen molar-refractivity contribution in [3.05, 3.63) is 23.8 Å². The normalized spacial score (nSPS) is 21.8. The summed E-state index contributed by atoms with van der Waals surface area (Å²) in [7, 11) is 1.64. The maximum absolute atomic E-state index is 12.7. The Balaban J connectivity index is 1.83. The molecule has 0 radical (unpaired) electrons. The number of piperidine rings is 1. The van der Waals surface area contributed by atoms with Crippen LogP contribution in [0.4, 0.5) is 0 Å². The van der Waals surface area contributed by atoms with E-state index in [-0.39, 0.29) is 11.8 Å². The van der Waals surface area contributed by atoms with Gasteiger partial charge < -0.3 is 10.2 Å². The summed E-state index contributed by atoms with van der Waals surface area (Å²) in [5.74, 6) is -0.0612. The van der Waals surface area contributed by atoms with Gasteiger partial charge in [-0.05, 0) is 38.0 Å². The zero-order valence-electron chi connectivity index (χ0n) is 12.6. The number of nitrogens with one attached hydrogen (secondary N) is 1. The molecular formula is C15H18N4O2S. The SMILES string of the molecule is CNC(=O)[C@@]1(C)CCCN(C(=O)c2ccc3nsnc3c2)C1. The van der Waals surface area contributed by atoms with Crippen LogP contribution in [-0.4, -0.2) is 45.6 Å². The van der Waals surface area contributed by atoms with E-state index in [1.54, 1.807) is 24.1 Å². The molecule has 2 amide bonds. The summed E-state index contributed by atoms with van der Waals surface area (Å²) in [5, 5.41) is 2.70. The highest BCUT2D eigenvalue weighted by atomic mass is 32.1. The van der Waals surface area contributed by atoms with Gasteiger partial charge in [0.2, 0.25) is 5.91 Å². The first-order valence-corrected chi connectivity index (χ1v) is 8.00. The Hall–Kier alpha value is -2.02. The molecular weight excluding hydrogens is 300 g/mol. The topological polar surface area (TPSA) is 75.2 Å². The number of nitrogens with zero attached hydrogens (tertiary/aromatic N) is 3. The van der Waals surface area contributed by atoms with Gasteiger partial charge in [-0.2, -0.15) is 8.75 Å². The second-order valence-electron chi connectivity index (χ2n) is 5.94. The number of carbonyl (C=O) groups excluding carboxylic acids is 2. The van der Waals surface area contributed by atoms with Gasteiger partial charge in [0.15, 0.2) is 0 Å². The van der Waals surface area contributed by atoms with Crippen LogP contribution in [0.5, 0.6) is 0 Å². The van der Waals surface area contributed by atoms with Crippen LogP contribution in [0, 0.1) is 5.41 Å². The van der Waals surface area contributed by atoms with Gasteiger partial charge in [-0.3, -0.25) is 9.59 Å². The summed E-state index contributed by atoms with van der Waals surface area (Å²) in [6.45, 7) is 3.04. The maximum Gasteiger partial charge on any atom is 0.253 e. The molecule has 1 aromatic heterocycles. The highest BCUT2D eigenvalue weighted by Gasteiger charge is 2.38. The molecule has 6 nitrogen and oxygen atoms in total. The van der Waals surface area contributed by atoms with Gasteiger partial charge in [0, 0.05) is 25.7 Å². The van der Waals surface area contributed by atoms with Crippen molar-refractivity contribution in [2.45, 2.75) is 19.8 Å². The second-order valence-corrected chi connectivity index (χ2v) is 6.47. The van der Waals surface area contributed by atoms with E-state index < -0.39 is 5.41 Å². The van der Waals surface area contributed by atoms with Crippen molar-refractivity contribution < 1.29 is 9.59 Å². The van der Waals surface area contributed by atoms with Crippen LogP contribution in [0.15, 0.2) is 18.2 Å². The number of carbonyl (C=O) groups is 2. The average Bonchev–Trinajstić information content (AvgIpc) is 3.00. The summed E-state index contributed by atoms with van der Waals surface area (Å²) >= 11 is 1.14. The van der Waals surface area contributed by atoms with E-state index in [9.17, 15) is 9.59 Å². The first kappa shape index (κ1) is 14.9. The maximum atomic E-state index is 12.7. The third-order valence-electron chi connectivity index (χ3n) is 4.26. The smallest absolute Gasteiger partial charge is 0.253 e. The molecule has 2 aromatic rings. The molecule has 1 aliphatic rings. The van der Waals surface area contributed by atoms with Gasteiger partial charge in [0.25, 0.3) is 5.91 Å². The van der Waals surface area contributed by atoms with Crippen LogP contribution in [0.2, 0.25) is 0 Å². The van der Waals surface area contributed by atoms with Crippen LogP contribution in [0.25, 0.3) is 11.0 Å². The van der Waals surface area contributed by atoms with Crippen molar-refractivity contribution in [1.29, 1.82) is 0 Å². The minimum Gasteiger partial charge on any atom is -0.359 e. The molecule has 116 valence electrons. The number of hydrogen-bond acceptors (Lipinski definition) is 5. The van der Waals surface area contributed by atoms with Crippen LogP contribution in [-0.2, 0) is 4.79 Å². The van der Waals surface area contributed by atoms with Crippen LogP contribution in [0.3, 0.4) is 0 Å². The van der Waals surface area contributed by atoms with E-state index >= 15 is 0 Å². The van der Waals surface area contributed by atoms with Crippen molar-refractivity contribution in [3.8, 4) is 0 Å². The third-order valence-corrected chi connectivity index (χ3v) is 4.82. The van der Waals surface area contributed by atoms with Crippen LogP contribution < -0.4 is 5.32 Å². The van der Waals surface area contributed by atoms with E-state index in [1.807, 2.05) is 13.0 Å². The van der Waals surface area contributed by atoms with E-state index in [2.05, 4.69) is 14.1 Å². The monoisotopic (exact) mass is 318 g/mol. The fraction of sp³-hybridized carbons (Fsp3) is 0.467. The summed E-state index contributed by atoms with van der Waals surface area (Å²) in [6, 6.07) is 5.36. The minimum absolute atomic E-state index is 0.0100. The summed E-state index contributed by atoms with van der Waals surface area (Å²) in [4.78, 5) is 26.5. The zero-order valence-corrected chi connectivity index (χ0v) is 13.4. The minimum atomic E-state index is -0.519. The average molecular weight is 318 g/mol. The standard InChI is InChI=1S/C15H18N4O2S/c1-15(14(21)16-2)6-3-7-19(9-15)13(20)10-4-5-11-12(8-10)18-22-17-11/h4-5,8H,3,6-7,9H2,1-2H3,(H,16,21)/t15-/m0/s1. The van der Waals surface area contributed by atoms with Crippen LogP contribution in [0.1, 0.15) is 30.1 Å². The third kappa shape index (κ3) is 2.56. The molecule has 0 bridgehead atoms. The molecule has 2 heterocycles. The first-order valence-electron chi connectivity index (χ1n) is 7.27. The number of hydrogen-bond donors (Lipinski definition) is 1. The van der Waals surface area contributed by atoms with Crippen molar-refractivity contribution in [1.82, 2.24) is 19.0 Å². The fourth-order valence-electron chi connectivity index (χ4n) is 3.00. The number of benzene rings is 1. The molecule has 1 fully saturated rings. The van der Waals surface area contributed by atoms with Crippen molar-refractivity contribution in [3.63, 3.8) is 0 Å². The molecule has 22 heavy (non-hydrogen) atoms. The number of fused-ring (bicyclic) bond motifs is 1. The Morgan fingerprint density at radius 1 is 1.32 bits per heavy atom. The first-order chi connectivity index (χ1) is 10.5. The Morgan fingerprint density at radius 2 is 2.09 bits per heavy atom. The molecule has 0 aliphatic carbocycles. The summed E-state index contributed by atoms with van der Waals surface area (Å²) in [6.07, 6.45) is 1.63. The number of likely N-dealkylation sites (tertiary alicyclic amines) is 1. The van der Waals surface area contributed by atoms with Crippen molar-refractivity contribution in [2.24, 2.45) is 5.41 Å². The molecule has 0 unspecified atom stereocenters. The van der Waals surface area contributed by atoms with E-state index in [0.29, 0.717) is 18.7 Å². The lowest BCUT2D eigenvalue weighted by Crippen LogP contribution is -2.51. The van der Waals surface area contributed by atoms with Crippen LogP contribution >= 0.6 is 11.7 Å². The molecule has 1 aliphatic heterocycles. The second kappa shape index (κ2) is 5.64. The molecule has 1 atom stereocenters. The van der Waals surface area contributed by atoms with Gasteiger partial charge in [-0.15, -0.1) is 0 Å². The highest BCUT2D eigenvalue weighted by Crippen LogP contribution is 2.30. The van der Waals surface area contributed by atoms with Gasteiger partial charge in [0.05, 0.1) is 17.1 Å². The van der Waals surface area contributed by atoms with E-state index in [0.717, 1.165) is 35.6 Å². The fourth-order valence-corrected chi connectivity index (χ4v) is 3.52. The molecule has 0 spiro atoms. The van der Waals surface area contributed by atoms with Gasteiger partial charge in [-0.25, -0.2) is 0 Å². The Morgan fingerprint density at radius 3 is 2.86 bits per heavy atom. The predicted octanol–water partition coefficient (Wildman–Crippen LogP) is 1.68. The van der Waals surface area contributed by atoms with Gasteiger partial charge in [-0.1, -0.05) is 0 Å². The van der Waals surface area contributed by atoms with E-state index in [4.69, 9.17) is 0 Å². The highest BCUT2D eigenvalue weighted by molar-refractivity contribution is 7.00. The molecule has 1 saturated heterocycles. The van der Waals surface area contributed by atoms with Gasteiger partial charge >= 0.3 is 0 Å². The lowest BCUT2D eigenvalue weighted by Gasteiger charge is -2.39. The zero-order chi connectivity index (χ0) is 15.7. The van der Waals surface area contributed by atoms with E-state index in [1.165, 1.54) is 0 Å². The summed E-state index contributed by atoms with van der Waals surface area (Å²) < 4.78 is 8.31. The number of rotatable bonds is 2. The lowest BCUT2D eigenvalue weighted by atomic mass is 9.81. The van der Waals surface area contributed by atoms with Gasteiger partial charge in [0.1, 0.15) is 11.0 Å².